The summed E-state index contributed by atoms with van der Waals surface area (Å²) in [4.78, 5) is 12.0. The molecule has 1 N–H and O–H groups in total. The molecule has 0 bridgehead atoms. The minimum atomic E-state index is -0.189. The van der Waals surface area contributed by atoms with Crippen molar-refractivity contribution in [2.24, 2.45) is 0 Å². The smallest absolute Gasteiger partial charge is 0.277 e. The quantitative estimate of drug-likeness (QED) is 0.641. The molecular weight excluding hydrogens is 372 g/mol. The lowest BCUT2D eigenvalue weighted by Gasteiger charge is -2.04. The molecule has 0 aliphatic carbocycles. The molecule has 3 aromatic rings. The van der Waals surface area contributed by atoms with E-state index < -0.39 is 0 Å². The van der Waals surface area contributed by atoms with Crippen molar-refractivity contribution in [2.45, 2.75) is 11.6 Å². The molecule has 1 amide bonds. The number of carbonyl (C=O) groups is 1. The zero-order valence-electron chi connectivity index (χ0n) is 13.5. The van der Waals surface area contributed by atoms with Crippen LogP contribution >= 0.6 is 23.4 Å². The average Bonchev–Trinajstić information content (AvgIpc) is 3.11. The predicted molar refractivity (Wildman–Crippen MR) is 99.9 cm³/mol. The Labute approximate surface area is 159 Å². The number of nitriles is 1. The third-order valence-electron chi connectivity index (χ3n) is 3.33. The van der Waals surface area contributed by atoms with E-state index in [2.05, 4.69) is 21.6 Å². The molecule has 1 aromatic heterocycles. The Morgan fingerprint density at radius 3 is 2.77 bits per heavy atom. The number of amides is 1. The summed E-state index contributed by atoms with van der Waals surface area (Å²) in [5, 5.41) is 20.2. The summed E-state index contributed by atoms with van der Waals surface area (Å²) in [6.45, 7) is 0. The molecule has 26 heavy (non-hydrogen) atoms. The van der Waals surface area contributed by atoms with Crippen molar-refractivity contribution in [3.05, 3.63) is 59.1 Å². The van der Waals surface area contributed by atoms with Gasteiger partial charge in [0.2, 0.25) is 11.8 Å². The van der Waals surface area contributed by atoms with E-state index in [4.69, 9.17) is 21.3 Å². The molecule has 0 unspecified atom stereocenters. The standard InChI is InChI=1S/C18H13ClN4O2S/c19-14-3-1-2-13(10-14)17-22-23-18(25-17)26-11-16(24)21-15-6-4-12(5-7-15)8-9-20/h1-7,10H,8,11H2,(H,21,24). The van der Waals surface area contributed by atoms with Gasteiger partial charge in [-0.1, -0.05) is 41.6 Å². The molecule has 0 saturated carbocycles. The van der Waals surface area contributed by atoms with Gasteiger partial charge in [-0.05, 0) is 35.9 Å². The Hall–Kier alpha value is -2.82. The van der Waals surface area contributed by atoms with E-state index in [0.29, 0.717) is 28.2 Å². The summed E-state index contributed by atoms with van der Waals surface area (Å²) in [6, 6.07) is 16.3. The lowest BCUT2D eigenvalue weighted by Crippen LogP contribution is -2.13. The highest BCUT2D eigenvalue weighted by atomic mass is 35.5. The summed E-state index contributed by atoms with van der Waals surface area (Å²) in [6.07, 6.45) is 0.343. The number of nitrogens with one attached hydrogen (secondary N) is 1. The van der Waals surface area contributed by atoms with Gasteiger partial charge in [-0.25, -0.2) is 0 Å². The second kappa shape index (κ2) is 8.52. The molecule has 0 atom stereocenters. The molecule has 0 aliphatic rings. The molecule has 130 valence electrons. The predicted octanol–water partition coefficient (Wildman–Crippen LogP) is 4.19. The van der Waals surface area contributed by atoms with Crippen molar-refractivity contribution in [3.8, 4) is 17.5 Å². The minimum Gasteiger partial charge on any atom is -0.411 e. The fourth-order valence-corrected chi connectivity index (χ4v) is 2.88. The number of rotatable bonds is 6. The summed E-state index contributed by atoms with van der Waals surface area (Å²) in [5.74, 6) is 0.297. The van der Waals surface area contributed by atoms with Crippen LogP contribution in [0.25, 0.3) is 11.5 Å². The van der Waals surface area contributed by atoms with Gasteiger partial charge in [0.05, 0.1) is 18.2 Å². The van der Waals surface area contributed by atoms with Crippen molar-refractivity contribution in [2.75, 3.05) is 11.1 Å². The van der Waals surface area contributed by atoms with Crippen LogP contribution in [0.1, 0.15) is 5.56 Å². The molecule has 0 aliphatic heterocycles. The van der Waals surface area contributed by atoms with Crippen LogP contribution < -0.4 is 5.32 Å². The van der Waals surface area contributed by atoms with Gasteiger partial charge >= 0.3 is 0 Å². The van der Waals surface area contributed by atoms with Crippen molar-refractivity contribution < 1.29 is 9.21 Å². The Bertz CT molecular complexity index is 950. The summed E-state index contributed by atoms with van der Waals surface area (Å²) < 4.78 is 5.54. The lowest BCUT2D eigenvalue weighted by atomic mass is 10.1. The summed E-state index contributed by atoms with van der Waals surface area (Å²) >= 11 is 7.10. The van der Waals surface area contributed by atoms with Crippen molar-refractivity contribution >= 4 is 35.0 Å². The van der Waals surface area contributed by atoms with Gasteiger partial charge in [0.25, 0.3) is 5.22 Å². The summed E-state index contributed by atoms with van der Waals surface area (Å²) in [5.41, 5.74) is 2.29. The number of aromatic nitrogens is 2. The van der Waals surface area contributed by atoms with Crippen LogP contribution in [0.4, 0.5) is 5.69 Å². The molecule has 2 aromatic carbocycles. The van der Waals surface area contributed by atoms with Crippen LogP contribution in [-0.2, 0) is 11.2 Å². The molecule has 0 radical (unpaired) electrons. The Balaban J connectivity index is 1.54. The molecule has 0 spiro atoms. The number of benzene rings is 2. The third kappa shape index (κ3) is 4.85. The van der Waals surface area contributed by atoms with Crippen LogP contribution in [0, 0.1) is 11.3 Å². The first-order chi connectivity index (χ1) is 12.6. The van der Waals surface area contributed by atoms with Crippen LogP contribution in [0.5, 0.6) is 0 Å². The van der Waals surface area contributed by atoms with Crippen LogP contribution in [0.2, 0.25) is 5.02 Å². The zero-order valence-corrected chi connectivity index (χ0v) is 15.0. The van der Waals surface area contributed by atoms with E-state index in [1.807, 2.05) is 6.07 Å². The maximum atomic E-state index is 12.0. The van der Waals surface area contributed by atoms with E-state index in [9.17, 15) is 4.79 Å². The Morgan fingerprint density at radius 2 is 2.04 bits per heavy atom. The largest absolute Gasteiger partial charge is 0.411 e. The van der Waals surface area contributed by atoms with Crippen LogP contribution in [0.3, 0.4) is 0 Å². The van der Waals surface area contributed by atoms with Gasteiger partial charge in [-0.3, -0.25) is 4.79 Å². The number of hydrogen-bond acceptors (Lipinski definition) is 6. The minimum absolute atomic E-state index is 0.136. The van der Waals surface area contributed by atoms with Crippen LogP contribution in [-0.4, -0.2) is 21.9 Å². The highest BCUT2D eigenvalue weighted by molar-refractivity contribution is 7.99. The normalized spacial score (nSPS) is 10.3. The van der Waals surface area contributed by atoms with Crippen molar-refractivity contribution in [1.82, 2.24) is 10.2 Å². The number of halogens is 1. The molecule has 8 heteroatoms. The SMILES string of the molecule is N#CCc1ccc(NC(=O)CSc2nnc(-c3cccc(Cl)c3)o2)cc1. The van der Waals surface area contributed by atoms with Gasteiger partial charge in [-0.15, -0.1) is 10.2 Å². The Morgan fingerprint density at radius 1 is 1.23 bits per heavy atom. The van der Waals surface area contributed by atoms with E-state index in [0.717, 1.165) is 22.9 Å². The molecule has 1 heterocycles. The maximum absolute atomic E-state index is 12.0. The monoisotopic (exact) mass is 384 g/mol. The first kappa shape index (κ1) is 18.0. The first-order valence-electron chi connectivity index (χ1n) is 7.62. The number of hydrogen-bond donors (Lipinski definition) is 1. The van der Waals surface area contributed by atoms with Gasteiger partial charge in [0.15, 0.2) is 0 Å². The van der Waals surface area contributed by atoms with Gasteiger partial charge in [0.1, 0.15) is 0 Å². The average molecular weight is 385 g/mol. The highest BCUT2D eigenvalue weighted by Crippen LogP contribution is 2.25. The number of anilines is 1. The maximum Gasteiger partial charge on any atom is 0.277 e. The number of carbonyl (C=O) groups excluding carboxylic acids is 1. The Kier molecular flexibility index (Phi) is 5.89. The topological polar surface area (TPSA) is 91.8 Å². The number of nitrogens with zero attached hydrogens (tertiary/aromatic N) is 3. The molecule has 3 rings (SSSR count). The van der Waals surface area contributed by atoms with Gasteiger partial charge < -0.3 is 9.73 Å². The summed E-state index contributed by atoms with van der Waals surface area (Å²) in [7, 11) is 0. The van der Waals surface area contributed by atoms with E-state index in [1.165, 1.54) is 0 Å². The van der Waals surface area contributed by atoms with Gasteiger partial charge in [-0.2, -0.15) is 5.26 Å². The second-order valence-corrected chi connectivity index (χ2v) is 6.62. The van der Waals surface area contributed by atoms with Crippen molar-refractivity contribution in [3.63, 3.8) is 0 Å². The fourth-order valence-electron chi connectivity index (χ4n) is 2.13. The zero-order chi connectivity index (χ0) is 18.4. The fraction of sp³-hybridized carbons (Fsp3) is 0.111. The lowest BCUT2D eigenvalue weighted by molar-refractivity contribution is -0.113. The van der Waals surface area contributed by atoms with E-state index in [1.54, 1.807) is 42.5 Å². The van der Waals surface area contributed by atoms with Crippen LogP contribution in [0.15, 0.2) is 58.2 Å². The third-order valence-corrected chi connectivity index (χ3v) is 4.38. The first-order valence-corrected chi connectivity index (χ1v) is 8.98. The highest BCUT2D eigenvalue weighted by Gasteiger charge is 2.11. The van der Waals surface area contributed by atoms with E-state index in [-0.39, 0.29) is 11.7 Å². The van der Waals surface area contributed by atoms with Crippen molar-refractivity contribution in [1.29, 1.82) is 5.26 Å². The molecule has 6 nitrogen and oxygen atoms in total. The second-order valence-electron chi connectivity index (χ2n) is 5.25. The number of thioether (sulfide) groups is 1. The van der Waals surface area contributed by atoms with E-state index >= 15 is 0 Å². The molecule has 0 fully saturated rings. The molecular formula is C18H13ClN4O2S. The molecule has 0 saturated heterocycles. The van der Waals surface area contributed by atoms with Gasteiger partial charge in [0, 0.05) is 16.3 Å².